The van der Waals surface area contributed by atoms with Gasteiger partial charge in [-0.1, -0.05) is 27.7 Å². The van der Waals surface area contributed by atoms with E-state index in [9.17, 15) is 9.28 Å². The number of aromatic nitrogens is 4. The molecule has 3 heterocycles. The van der Waals surface area contributed by atoms with Crippen molar-refractivity contribution in [1.82, 2.24) is 19.5 Å². The monoisotopic (exact) mass is 500 g/mol. The Morgan fingerprint density at radius 1 is 1.34 bits per heavy atom. The molecule has 0 aliphatic carbocycles. The normalized spacial score (nSPS) is 19.5. The zero-order chi connectivity index (χ0) is 22.6. The molecule has 0 amide bonds. The van der Waals surface area contributed by atoms with E-state index in [1.165, 1.54) is 24.5 Å². The number of halogens is 1. The number of ether oxygens (including phenoxy) is 1. The zero-order valence-corrected chi connectivity index (χ0v) is 19.9. The van der Waals surface area contributed by atoms with Gasteiger partial charge in [0, 0.05) is 17.6 Å². The standard InChI is InChI=1S/C19H24FN5O4PS2/c1-13(8-25-11-24-17-18(21)22-10-23-19(17)25)27-12-30(26,29-16-5-6-31-32-9-16)28-15-4-2-3-14(20)7-15/h2-4,7,10-11,13,16,26H,5-6,8-9,12H2,1H3,(H2,21,22,23)/q+1. The van der Waals surface area contributed by atoms with Gasteiger partial charge in [0.25, 0.3) is 0 Å². The van der Waals surface area contributed by atoms with Crippen molar-refractivity contribution < 1.29 is 23.1 Å². The number of nitrogens with two attached hydrogens (primary N) is 1. The van der Waals surface area contributed by atoms with E-state index in [2.05, 4.69) is 15.0 Å². The molecule has 172 valence electrons. The lowest BCUT2D eigenvalue weighted by molar-refractivity contribution is 0.0596. The second-order valence-electron chi connectivity index (χ2n) is 7.24. The molecule has 3 N–H and O–H groups in total. The fraction of sp³-hybridized carbons (Fsp3) is 0.421. The van der Waals surface area contributed by atoms with Gasteiger partial charge >= 0.3 is 7.94 Å². The van der Waals surface area contributed by atoms with E-state index >= 15 is 0 Å². The fourth-order valence-corrected chi connectivity index (χ4v) is 7.25. The maximum Gasteiger partial charge on any atom is 0.481 e. The van der Waals surface area contributed by atoms with Crippen molar-refractivity contribution >= 4 is 46.5 Å². The van der Waals surface area contributed by atoms with Gasteiger partial charge in [0.15, 0.2) is 17.2 Å². The highest BCUT2D eigenvalue weighted by Gasteiger charge is 2.47. The summed E-state index contributed by atoms with van der Waals surface area (Å²) in [5, 5.41) is 0. The molecule has 1 aromatic carbocycles. The molecule has 1 fully saturated rings. The molecule has 9 nitrogen and oxygen atoms in total. The van der Waals surface area contributed by atoms with E-state index in [0.717, 1.165) is 17.9 Å². The van der Waals surface area contributed by atoms with Gasteiger partial charge in [-0.15, -0.1) is 0 Å². The van der Waals surface area contributed by atoms with Crippen LogP contribution in [0.3, 0.4) is 0 Å². The summed E-state index contributed by atoms with van der Waals surface area (Å²) in [6, 6.07) is 5.62. The average Bonchev–Trinajstić information content (AvgIpc) is 3.17. The van der Waals surface area contributed by atoms with Gasteiger partial charge in [0.1, 0.15) is 23.8 Å². The first-order valence-electron chi connectivity index (χ1n) is 9.93. The third-order valence-corrected chi connectivity index (χ3v) is 8.71. The summed E-state index contributed by atoms with van der Waals surface area (Å²) in [6.45, 7) is 2.28. The molecule has 3 unspecified atom stereocenters. The molecule has 0 saturated carbocycles. The second-order valence-corrected chi connectivity index (χ2v) is 11.8. The smallest absolute Gasteiger partial charge is 0.382 e. The molecule has 0 bridgehead atoms. The number of benzene rings is 1. The van der Waals surface area contributed by atoms with Crippen LogP contribution in [0.15, 0.2) is 36.9 Å². The SMILES string of the molecule is CC(Cn1cnc2c(N)ncnc21)OC[P+](O)(Oc1cccc(F)c1)OC1CCSSC1. The Morgan fingerprint density at radius 3 is 3.00 bits per heavy atom. The molecular weight excluding hydrogens is 476 g/mol. The summed E-state index contributed by atoms with van der Waals surface area (Å²) in [4.78, 5) is 23.7. The second kappa shape index (κ2) is 10.5. The van der Waals surface area contributed by atoms with Crippen LogP contribution in [0.25, 0.3) is 11.2 Å². The molecule has 1 aliphatic rings. The van der Waals surface area contributed by atoms with Crippen LogP contribution in [0.2, 0.25) is 0 Å². The van der Waals surface area contributed by atoms with Crippen LogP contribution in [-0.2, 0) is 15.8 Å². The predicted molar refractivity (Wildman–Crippen MR) is 126 cm³/mol. The molecule has 1 aliphatic heterocycles. The first kappa shape index (κ1) is 23.5. The average molecular weight is 501 g/mol. The van der Waals surface area contributed by atoms with Gasteiger partial charge in [0.2, 0.25) is 6.35 Å². The van der Waals surface area contributed by atoms with Crippen molar-refractivity contribution in [2.45, 2.75) is 32.1 Å². The number of anilines is 1. The molecule has 13 heteroatoms. The van der Waals surface area contributed by atoms with Crippen molar-refractivity contribution in [2.75, 3.05) is 23.6 Å². The van der Waals surface area contributed by atoms with Gasteiger partial charge in [-0.25, -0.2) is 19.3 Å². The van der Waals surface area contributed by atoms with Crippen LogP contribution in [0.5, 0.6) is 5.75 Å². The van der Waals surface area contributed by atoms with Crippen LogP contribution in [0.1, 0.15) is 13.3 Å². The molecule has 1 saturated heterocycles. The molecule has 3 aromatic rings. The van der Waals surface area contributed by atoms with E-state index in [1.807, 2.05) is 6.92 Å². The Bertz CT molecular complexity index is 1060. The minimum Gasteiger partial charge on any atom is -0.382 e. The number of fused-ring (bicyclic) bond motifs is 1. The Kier molecular flexibility index (Phi) is 7.70. The van der Waals surface area contributed by atoms with Crippen molar-refractivity contribution in [2.24, 2.45) is 0 Å². The molecule has 0 spiro atoms. The minimum atomic E-state index is -3.46. The Morgan fingerprint density at radius 2 is 2.22 bits per heavy atom. The van der Waals surface area contributed by atoms with Gasteiger partial charge in [-0.2, -0.15) is 9.42 Å². The summed E-state index contributed by atoms with van der Waals surface area (Å²) in [5.74, 6) is 1.70. The van der Waals surface area contributed by atoms with Crippen molar-refractivity contribution in [3.63, 3.8) is 0 Å². The van der Waals surface area contributed by atoms with Crippen LogP contribution in [0, 0.1) is 5.82 Å². The lowest BCUT2D eigenvalue weighted by Gasteiger charge is -2.25. The minimum absolute atomic E-state index is 0.163. The van der Waals surface area contributed by atoms with Gasteiger partial charge in [-0.05, 0) is 25.5 Å². The van der Waals surface area contributed by atoms with Crippen LogP contribution >= 0.6 is 29.5 Å². The van der Waals surface area contributed by atoms with Crippen LogP contribution in [-0.4, -0.2) is 54.5 Å². The molecule has 2 aromatic heterocycles. The lowest BCUT2D eigenvalue weighted by Crippen LogP contribution is -2.26. The highest BCUT2D eigenvalue weighted by Crippen LogP contribution is 2.58. The fourth-order valence-electron chi connectivity index (χ4n) is 3.11. The van der Waals surface area contributed by atoms with Crippen molar-refractivity contribution in [3.05, 3.63) is 42.7 Å². The Hall–Kier alpha value is -1.69. The van der Waals surface area contributed by atoms with Gasteiger partial charge in [0.05, 0.1) is 19.0 Å². The molecular formula is C19H24FN5O4PS2+. The summed E-state index contributed by atoms with van der Waals surface area (Å²) >= 11 is 0. The van der Waals surface area contributed by atoms with E-state index in [4.69, 9.17) is 19.5 Å². The van der Waals surface area contributed by atoms with Crippen molar-refractivity contribution in [1.29, 1.82) is 0 Å². The quantitative estimate of drug-likeness (QED) is 0.331. The Balaban J connectivity index is 1.43. The third kappa shape index (κ3) is 6.00. The molecule has 4 rings (SSSR count). The summed E-state index contributed by atoms with van der Waals surface area (Å²) < 4.78 is 33.1. The number of hydrogen-bond acceptors (Lipinski definition) is 10. The van der Waals surface area contributed by atoms with E-state index in [0.29, 0.717) is 23.5 Å². The Labute approximate surface area is 193 Å². The third-order valence-electron chi connectivity index (χ3n) is 4.62. The number of nitrogens with zero attached hydrogens (tertiary/aromatic N) is 4. The van der Waals surface area contributed by atoms with Crippen molar-refractivity contribution in [3.8, 4) is 5.75 Å². The first-order chi connectivity index (χ1) is 15.4. The van der Waals surface area contributed by atoms with Gasteiger partial charge in [-0.3, -0.25) is 4.52 Å². The number of nitrogen functional groups attached to an aromatic ring is 1. The van der Waals surface area contributed by atoms with E-state index in [1.54, 1.807) is 38.5 Å². The summed E-state index contributed by atoms with van der Waals surface area (Å²) in [6.07, 6.45) is 3.14. The highest BCUT2D eigenvalue weighted by molar-refractivity contribution is 8.76. The number of rotatable bonds is 9. The van der Waals surface area contributed by atoms with E-state index in [-0.39, 0.29) is 24.3 Å². The molecule has 0 radical (unpaired) electrons. The van der Waals surface area contributed by atoms with Crippen LogP contribution in [0.4, 0.5) is 10.2 Å². The summed E-state index contributed by atoms with van der Waals surface area (Å²) in [7, 11) is 0.000460. The molecule has 32 heavy (non-hydrogen) atoms. The number of imidazole rings is 1. The number of hydrogen-bond donors (Lipinski definition) is 2. The maximum atomic E-state index is 13.6. The molecule has 3 atom stereocenters. The lowest BCUT2D eigenvalue weighted by atomic mass is 10.3. The van der Waals surface area contributed by atoms with E-state index < -0.39 is 13.8 Å². The highest BCUT2D eigenvalue weighted by atomic mass is 33.1. The van der Waals surface area contributed by atoms with Crippen LogP contribution < -0.4 is 10.3 Å². The zero-order valence-electron chi connectivity index (χ0n) is 17.3. The summed E-state index contributed by atoms with van der Waals surface area (Å²) in [5.41, 5.74) is 6.96. The predicted octanol–water partition coefficient (Wildman–Crippen LogP) is 3.91. The largest absolute Gasteiger partial charge is 0.481 e. The topological polar surface area (TPSA) is 118 Å². The maximum absolute atomic E-state index is 13.6. The van der Waals surface area contributed by atoms with Gasteiger partial charge < -0.3 is 15.0 Å². The first-order valence-corrected chi connectivity index (χ1v) is 14.2.